The Hall–Kier alpha value is -0.900. The van der Waals surface area contributed by atoms with Gasteiger partial charge in [-0.05, 0) is 5.25 Å². The third-order valence-corrected chi connectivity index (χ3v) is 2.50. The molecule has 1 rings (SSSR count). The van der Waals surface area contributed by atoms with Gasteiger partial charge in [0.15, 0.2) is 6.29 Å². The number of aromatic nitrogens is 2. The van der Waals surface area contributed by atoms with Gasteiger partial charge < -0.3 is 0 Å². The van der Waals surface area contributed by atoms with Crippen LogP contribution >= 0.6 is 11.8 Å². The number of rotatable bonds is 4. The molecule has 0 N–H and O–H groups in total. The molecule has 0 unspecified atom stereocenters. The van der Waals surface area contributed by atoms with E-state index in [4.69, 9.17) is 0 Å². The molecular formula is C9H12N2OS. The van der Waals surface area contributed by atoms with Crippen molar-refractivity contribution in [1.29, 1.82) is 0 Å². The number of carbonyl (C=O) groups is 1. The van der Waals surface area contributed by atoms with Gasteiger partial charge in [-0.3, -0.25) is 4.79 Å². The first-order chi connectivity index (χ1) is 6.22. The van der Waals surface area contributed by atoms with E-state index in [1.165, 1.54) is 0 Å². The smallest absolute Gasteiger partial charge is 0.153 e. The van der Waals surface area contributed by atoms with Crippen LogP contribution in [0.1, 0.15) is 30.0 Å². The third-order valence-electron chi connectivity index (χ3n) is 1.41. The Labute approximate surface area is 82.0 Å². The van der Waals surface area contributed by atoms with Gasteiger partial charge in [0.1, 0.15) is 5.82 Å². The molecule has 0 aliphatic carbocycles. The van der Waals surface area contributed by atoms with E-state index >= 15 is 0 Å². The molecule has 1 aromatic heterocycles. The Kier molecular flexibility index (Phi) is 3.89. The molecular weight excluding hydrogens is 184 g/mol. The fraction of sp³-hybridized carbons (Fsp3) is 0.444. The van der Waals surface area contributed by atoms with Gasteiger partial charge >= 0.3 is 0 Å². The molecule has 1 aromatic rings. The Morgan fingerprint density at radius 2 is 2.08 bits per heavy atom. The first kappa shape index (κ1) is 10.2. The summed E-state index contributed by atoms with van der Waals surface area (Å²) in [4.78, 5) is 18.4. The first-order valence-corrected chi connectivity index (χ1v) is 5.15. The highest BCUT2D eigenvalue weighted by molar-refractivity contribution is 7.99. The Morgan fingerprint density at radius 1 is 1.46 bits per heavy atom. The lowest BCUT2D eigenvalue weighted by molar-refractivity contribution is 0.112. The van der Waals surface area contributed by atoms with Crippen molar-refractivity contribution in [2.45, 2.75) is 24.9 Å². The highest BCUT2D eigenvalue weighted by atomic mass is 32.2. The van der Waals surface area contributed by atoms with E-state index in [0.717, 1.165) is 17.9 Å². The molecule has 0 aromatic carbocycles. The molecule has 3 nitrogen and oxygen atoms in total. The van der Waals surface area contributed by atoms with Crippen molar-refractivity contribution in [3.63, 3.8) is 0 Å². The maximum Gasteiger partial charge on any atom is 0.153 e. The highest BCUT2D eigenvalue weighted by Gasteiger charge is 1.99. The minimum Gasteiger partial charge on any atom is -0.298 e. The lowest BCUT2D eigenvalue weighted by Crippen LogP contribution is -1.96. The van der Waals surface area contributed by atoms with Crippen molar-refractivity contribution >= 4 is 18.0 Å². The van der Waals surface area contributed by atoms with Crippen molar-refractivity contribution in [3.05, 3.63) is 23.8 Å². The summed E-state index contributed by atoms with van der Waals surface area (Å²) < 4.78 is 0. The van der Waals surface area contributed by atoms with E-state index in [1.807, 2.05) is 0 Å². The zero-order valence-corrected chi connectivity index (χ0v) is 8.54. The maximum atomic E-state index is 10.3. The summed E-state index contributed by atoms with van der Waals surface area (Å²) >= 11 is 1.78. The van der Waals surface area contributed by atoms with Gasteiger partial charge in [-0.15, -0.1) is 0 Å². The summed E-state index contributed by atoms with van der Waals surface area (Å²) in [6, 6.07) is 0. The van der Waals surface area contributed by atoms with E-state index in [1.54, 1.807) is 24.2 Å². The van der Waals surface area contributed by atoms with Crippen molar-refractivity contribution < 1.29 is 4.79 Å². The van der Waals surface area contributed by atoms with Gasteiger partial charge in [0.2, 0.25) is 0 Å². The summed E-state index contributed by atoms with van der Waals surface area (Å²) in [5, 5.41) is 0.578. The second-order valence-corrected chi connectivity index (χ2v) is 4.48. The van der Waals surface area contributed by atoms with E-state index in [2.05, 4.69) is 23.8 Å². The molecule has 0 atom stereocenters. The molecule has 13 heavy (non-hydrogen) atoms. The van der Waals surface area contributed by atoms with Crippen LogP contribution in [0.5, 0.6) is 0 Å². The predicted molar refractivity (Wildman–Crippen MR) is 53.9 cm³/mol. The zero-order valence-electron chi connectivity index (χ0n) is 7.73. The minimum atomic E-state index is 0.526. The fourth-order valence-corrected chi connectivity index (χ4v) is 1.37. The standard InChI is InChI=1S/C9H12N2OS/c1-7(2)13-6-9-10-3-8(5-12)4-11-9/h3-5,7H,6H2,1-2H3. The van der Waals surface area contributed by atoms with Crippen LogP contribution in [0.15, 0.2) is 12.4 Å². The highest BCUT2D eigenvalue weighted by Crippen LogP contribution is 2.13. The molecule has 0 spiro atoms. The van der Waals surface area contributed by atoms with Crippen LogP contribution in [0.2, 0.25) is 0 Å². The van der Waals surface area contributed by atoms with Gasteiger partial charge in [0.25, 0.3) is 0 Å². The largest absolute Gasteiger partial charge is 0.298 e. The molecule has 70 valence electrons. The van der Waals surface area contributed by atoms with Crippen molar-refractivity contribution in [1.82, 2.24) is 9.97 Å². The lowest BCUT2D eigenvalue weighted by atomic mass is 10.4. The van der Waals surface area contributed by atoms with Gasteiger partial charge in [0.05, 0.1) is 11.3 Å². The summed E-state index contributed by atoms with van der Waals surface area (Å²) in [6.07, 6.45) is 3.85. The number of hydrogen-bond donors (Lipinski definition) is 0. The second-order valence-electron chi connectivity index (χ2n) is 2.91. The number of thioether (sulfide) groups is 1. The lowest BCUT2D eigenvalue weighted by Gasteiger charge is -2.02. The molecule has 0 bridgehead atoms. The van der Waals surface area contributed by atoms with E-state index in [9.17, 15) is 4.79 Å². The molecule has 0 radical (unpaired) electrons. The van der Waals surface area contributed by atoms with E-state index in [0.29, 0.717) is 10.8 Å². The molecule has 0 saturated carbocycles. The topological polar surface area (TPSA) is 42.9 Å². The van der Waals surface area contributed by atoms with Crippen LogP contribution in [0, 0.1) is 0 Å². The third kappa shape index (κ3) is 3.55. The average Bonchev–Trinajstić information content (AvgIpc) is 2.15. The molecule has 0 saturated heterocycles. The average molecular weight is 196 g/mol. The van der Waals surface area contributed by atoms with Crippen LogP contribution in [-0.2, 0) is 5.75 Å². The molecule has 0 aliphatic rings. The normalized spacial score (nSPS) is 10.4. The van der Waals surface area contributed by atoms with Gasteiger partial charge in [-0.25, -0.2) is 9.97 Å². The van der Waals surface area contributed by atoms with E-state index < -0.39 is 0 Å². The summed E-state index contributed by atoms with van der Waals surface area (Å²) in [7, 11) is 0. The van der Waals surface area contributed by atoms with Gasteiger partial charge in [-0.2, -0.15) is 11.8 Å². The van der Waals surface area contributed by atoms with Crippen LogP contribution in [0.3, 0.4) is 0 Å². The molecule has 0 amide bonds. The monoisotopic (exact) mass is 196 g/mol. The van der Waals surface area contributed by atoms with Crippen LogP contribution in [0.25, 0.3) is 0 Å². The van der Waals surface area contributed by atoms with Crippen LogP contribution in [-0.4, -0.2) is 21.5 Å². The summed E-state index contributed by atoms with van der Waals surface area (Å²) in [5.74, 6) is 1.58. The molecule has 4 heteroatoms. The van der Waals surface area contributed by atoms with Crippen molar-refractivity contribution in [2.24, 2.45) is 0 Å². The molecule has 0 aliphatic heterocycles. The summed E-state index contributed by atoms with van der Waals surface area (Å²) in [6.45, 7) is 4.26. The van der Waals surface area contributed by atoms with Crippen LogP contribution in [0.4, 0.5) is 0 Å². The SMILES string of the molecule is CC(C)SCc1ncc(C=O)cn1. The molecule has 1 heterocycles. The maximum absolute atomic E-state index is 10.3. The number of aldehydes is 1. The van der Waals surface area contributed by atoms with Gasteiger partial charge in [0, 0.05) is 12.4 Å². The Bertz CT molecular complexity index is 271. The predicted octanol–water partition coefficient (Wildman–Crippen LogP) is 1.93. The molecule has 0 fully saturated rings. The number of nitrogens with zero attached hydrogens (tertiary/aromatic N) is 2. The Balaban J connectivity index is 2.54. The number of hydrogen-bond acceptors (Lipinski definition) is 4. The van der Waals surface area contributed by atoms with Crippen molar-refractivity contribution in [2.75, 3.05) is 0 Å². The Morgan fingerprint density at radius 3 is 2.54 bits per heavy atom. The van der Waals surface area contributed by atoms with Gasteiger partial charge in [-0.1, -0.05) is 13.8 Å². The fourth-order valence-electron chi connectivity index (χ4n) is 0.741. The van der Waals surface area contributed by atoms with E-state index in [-0.39, 0.29) is 0 Å². The summed E-state index contributed by atoms with van der Waals surface area (Å²) in [5.41, 5.74) is 0.526. The van der Waals surface area contributed by atoms with Crippen LogP contribution < -0.4 is 0 Å². The number of carbonyl (C=O) groups excluding carboxylic acids is 1. The minimum absolute atomic E-state index is 0.526. The quantitative estimate of drug-likeness (QED) is 0.690. The van der Waals surface area contributed by atoms with Crippen molar-refractivity contribution in [3.8, 4) is 0 Å². The second kappa shape index (κ2) is 4.97. The zero-order chi connectivity index (χ0) is 9.68. The first-order valence-electron chi connectivity index (χ1n) is 4.10.